The molecule has 0 aliphatic heterocycles. The molecule has 0 saturated carbocycles. The van der Waals surface area contributed by atoms with E-state index in [9.17, 15) is 9.50 Å². The minimum Gasteiger partial charge on any atom is -0.383 e. The summed E-state index contributed by atoms with van der Waals surface area (Å²) in [5, 5.41) is 10.1. The monoisotopic (exact) mass is 378 g/mol. The topological polar surface area (TPSA) is 20.2 Å². The van der Waals surface area contributed by atoms with E-state index in [2.05, 4.69) is 31.9 Å². The van der Waals surface area contributed by atoms with E-state index in [0.29, 0.717) is 11.1 Å². The summed E-state index contributed by atoms with van der Waals surface area (Å²) in [5.41, 5.74) is 1.14. The second-order valence-corrected chi connectivity index (χ2v) is 6.94. The van der Waals surface area contributed by atoms with E-state index in [1.165, 1.54) is 17.4 Å². The van der Waals surface area contributed by atoms with Gasteiger partial charge in [0.05, 0.1) is 3.79 Å². The van der Waals surface area contributed by atoms with Crippen molar-refractivity contribution >= 4 is 43.2 Å². The molecule has 1 atom stereocenters. The lowest BCUT2D eigenvalue weighted by molar-refractivity contribution is 0.223. The van der Waals surface area contributed by atoms with Gasteiger partial charge in [-0.1, -0.05) is 12.1 Å². The Morgan fingerprint density at radius 2 is 2.00 bits per heavy atom. The normalized spacial score (nSPS) is 12.8. The highest BCUT2D eigenvalue weighted by molar-refractivity contribution is 9.13. The predicted octanol–water partition coefficient (Wildman–Crippen LogP) is 4.80. The molecule has 0 saturated heterocycles. The summed E-state index contributed by atoms with van der Waals surface area (Å²) < 4.78 is 15.2. The van der Waals surface area contributed by atoms with Gasteiger partial charge in [-0.25, -0.2) is 4.39 Å². The molecule has 0 radical (unpaired) electrons. The van der Waals surface area contributed by atoms with Gasteiger partial charge in [0.2, 0.25) is 0 Å². The highest BCUT2D eigenvalue weighted by atomic mass is 79.9. The molecule has 0 aliphatic rings. The highest BCUT2D eigenvalue weighted by Crippen LogP contribution is 2.37. The molecule has 5 heteroatoms. The van der Waals surface area contributed by atoms with Crippen molar-refractivity contribution in [1.82, 2.24) is 0 Å². The first-order valence-electron chi connectivity index (χ1n) is 4.88. The van der Waals surface area contributed by atoms with E-state index in [4.69, 9.17) is 0 Å². The van der Waals surface area contributed by atoms with Gasteiger partial charge in [0, 0.05) is 9.35 Å². The number of rotatable bonds is 2. The van der Waals surface area contributed by atoms with Crippen LogP contribution in [0.1, 0.15) is 22.1 Å². The van der Waals surface area contributed by atoms with Crippen LogP contribution in [0.15, 0.2) is 32.5 Å². The molecular weight excluding hydrogens is 371 g/mol. The van der Waals surface area contributed by atoms with Gasteiger partial charge in [0.25, 0.3) is 0 Å². The predicted molar refractivity (Wildman–Crippen MR) is 74.9 cm³/mol. The van der Waals surface area contributed by atoms with E-state index in [-0.39, 0.29) is 5.82 Å². The average Bonchev–Trinajstić information content (AvgIpc) is 2.62. The lowest BCUT2D eigenvalue weighted by Crippen LogP contribution is -1.98. The van der Waals surface area contributed by atoms with Crippen molar-refractivity contribution in [3.63, 3.8) is 0 Å². The summed E-state index contributed by atoms with van der Waals surface area (Å²) in [7, 11) is 0. The molecule has 1 aromatic carbocycles. The molecule has 1 heterocycles. The van der Waals surface area contributed by atoms with Gasteiger partial charge >= 0.3 is 0 Å². The molecule has 0 fully saturated rings. The van der Waals surface area contributed by atoms with Crippen LogP contribution in [-0.2, 0) is 0 Å². The van der Waals surface area contributed by atoms with Crippen molar-refractivity contribution in [3.8, 4) is 0 Å². The van der Waals surface area contributed by atoms with E-state index in [1.54, 1.807) is 19.1 Å². The Labute approximate surface area is 120 Å². The van der Waals surface area contributed by atoms with Crippen molar-refractivity contribution in [1.29, 1.82) is 0 Å². The van der Waals surface area contributed by atoms with Crippen LogP contribution >= 0.6 is 43.2 Å². The van der Waals surface area contributed by atoms with Crippen LogP contribution in [-0.4, -0.2) is 5.11 Å². The third kappa shape index (κ3) is 2.78. The van der Waals surface area contributed by atoms with Gasteiger partial charge in [-0.15, -0.1) is 11.3 Å². The Balaban J connectivity index is 2.36. The van der Waals surface area contributed by atoms with Crippen LogP contribution in [0.3, 0.4) is 0 Å². The van der Waals surface area contributed by atoms with Crippen LogP contribution in [0, 0.1) is 12.7 Å². The van der Waals surface area contributed by atoms with E-state index >= 15 is 0 Å². The third-order valence-corrected chi connectivity index (χ3v) is 5.75. The Kier molecular flexibility index (Phi) is 4.02. The molecule has 1 unspecified atom stereocenters. The molecule has 2 rings (SSSR count). The Hall–Kier alpha value is -0.230. The Morgan fingerprint density at radius 1 is 1.29 bits per heavy atom. The summed E-state index contributed by atoms with van der Waals surface area (Å²) in [6.45, 7) is 1.70. The number of benzene rings is 1. The van der Waals surface area contributed by atoms with Crippen molar-refractivity contribution in [2.24, 2.45) is 0 Å². The summed E-state index contributed by atoms with van der Waals surface area (Å²) in [4.78, 5) is 0.770. The number of aliphatic hydroxyl groups excluding tert-OH is 1. The van der Waals surface area contributed by atoms with Gasteiger partial charge in [0.15, 0.2) is 0 Å². The number of hydrogen-bond acceptors (Lipinski definition) is 2. The van der Waals surface area contributed by atoms with Gasteiger partial charge < -0.3 is 5.11 Å². The van der Waals surface area contributed by atoms with E-state index in [0.717, 1.165) is 13.1 Å². The Bertz CT molecular complexity index is 534. The third-order valence-electron chi connectivity index (χ3n) is 2.45. The van der Waals surface area contributed by atoms with Gasteiger partial charge in [0.1, 0.15) is 11.9 Å². The van der Waals surface area contributed by atoms with Crippen LogP contribution in [0.2, 0.25) is 0 Å². The van der Waals surface area contributed by atoms with Crippen LogP contribution in [0.4, 0.5) is 4.39 Å². The summed E-state index contributed by atoms with van der Waals surface area (Å²) in [6.07, 6.45) is -0.794. The molecule has 0 amide bonds. The smallest absolute Gasteiger partial charge is 0.126 e. The molecule has 1 nitrogen and oxygen atoms in total. The molecule has 0 bridgehead atoms. The van der Waals surface area contributed by atoms with Gasteiger partial charge in [-0.3, -0.25) is 0 Å². The summed E-state index contributed by atoms with van der Waals surface area (Å²) >= 11 is 8.16. The van der Waals surface area contributed by atoms with Crippen LogP contribution < -0.4 is 0 Å². The number of aryl methyl sites for hydroxylation is 1. The maximum atomic E-state index is 13.4. The standard InChI is InChI=1S/C12H9Br2FOS/c1-6-2-3-7(4-9(6)15)11(16)10-5-8(13)12(14)17-10/h2-5,11,16H,1H3. The van der Waals surface area contributed by atoms with Crippen molar-refractivity contribution in [3.05, 3.63) is 54.3 Å². The van der Waals surface area contributed by atoms with Crippen LogP contribution in [0.25, 0.3) is 0 Å². The quantitative estimate of drug-likeness (QED) is 0.794. The second-order valence-electron chi connectivity index (χ2n) is 3.68. The van der Waals surface area contributed by atoms with Crippen molar-refractivity contribution in [2.45, 2.75) is 13.0 Å². The van der Waals surface area contributed by atoms with E-state index in [1.807, 2.05) is 6.07 Å². The molecular formula is C12H9Br2FOS. The zero-order chi connectivity index (χ0) is 12.6. The summed E-state index contributed by atoms with van der Waals surface area (Å²) in [5.74, 6) is -0.295. The zero-order valence-corrected chi connectivity index (χ0v) is 12.9. The fourth-order valence-corrected chi connectivity index (χ4v) is 3.55. The molecule has 2 aromatic rings. The zero-order valence-electron chi connectivity index (χ0n) is 8.88. The number of thiophene rings is 1. The number of aliphatic hydroxyl groups is 1. The van der Waals surface area contributed by atoms with Gasteiger partial charge in [-0.05, 0) is 62.0 Å². The molecule has 1 aromatic heterocycles. The fourth-order valence-electron chi connectivity index (χ4n) is 1.44. The number of hydrogen-bond donors (Lipinski definition) is 1. The van der Waals surface area contributed by atoms with Crippen molar-refractivity contribution in [2.75, 3.05) is 0 Å². The molecule has 90 valence electrons. The number of halogens is 3. The maximum Gasteiger partial charge on any atom is 0.126 e. The first-order valence-corrected chi connectivity index (χ1v) is 7.28. The largest absolute Gasteiger partial charge is 0.383 e. The van der Waals surface area contributed by atoms with E-state index < -0.39 is 6.10 Å². The maximum absolute atomic E-state index is 13.4. The van der Waals surface area contributed by atoms with Crippen LogP contribution in [0.5, 0.6) is 0 Å². The SMILES string of the molecule is Cc1ccc(C(O)c2cc(Br)c(Br)s2)cc1F. The minimum atomic E-state index is -0.794. The highest BCUT2D eigenvalue weighted by Gasteiger charge is 2.16. The molecule has 0 aliphatic carbocycles. The Morgan fingerprint density at radius 3 is 2.53 bits per heavy atom. The first-order chi connectivity index (χ1) is 7.99. The molecule has 17 heavy (non-hydrogen) atoms. The minimum absolute atomic E-state index is 0.295. The molecule has 0 spiro atoms. The van der Waals surface area contributed by atoms with Crippen molar-refractivity contribution < 1.29 is 9.50 Å². The average molecular weight is 380 g/mol. The first kappa shape index (κ1) is 13.2. The lowest BCUT2D eigenvalue weighted by Gasteiger charge is -2.09. The fraction of sp³-hybridized carbons (Fsp3) is 0.167. The van der Waals surface area contributed by atoms with Gasteiger partial charge in [-0.2, -0.15) is 0 Å². The second kappa shape index (κ2) is 5.18. The molecule has 1 N–H and O–H groups in total. The lowest BCUT2D eigenvalue weighted by atomic mass is 10.1. The summed E-state index contributed by atoms with van der Waals surface area (Å²) in [6, 6.07) is 6.62.